The average molecular weight is 183 g/mol. The summed E-state index contributed by atoms with van der Waals surface area (Å²) in [5.74, 6) is -1.28. The highest BCUT2D eigenvalue weighted by atomic mass is 16.5. The molecule has 13 heavy (non-hydrogen) atoms. The van der Waals surface area contributed by atoms with Gasteiger partial charge in [-0.25, -0.2) is 0 Å². The molecule has 0 aliphatic heterocycles. The van der Waals surface area contributed by atoms with Gasteiger partial charge < -0.3 is 10.5 Å². The van der Waals surface area contributed by atoms with Crippen molar-refractivity contribution in [2.75, 3.05) is 6.61 Å². The normalized spacial score (nSPS) is 30.7. The van der Waals surface area contributed by atoms with Gasteiger partial charge in [0.05, 0.1) is 6.61 Å². The maximum atomic E-state index is 11.4. The Morgan fingerprint density at radius 3 is 2.69 bits per heavy atom. The number of ether oxygens (including phenoxy) is 1. The number of rotatable bonds is 4. The molecule has 0 aromatic rings. The van der Waals surface area contributed by atoms with Crippen LogP contribution in [0.15, 0.2) is 12.7 Å². The first kappa shape index (κ1) is 9.77. The second-order valence-corrected chi connectivity index (χ2v) is 3.10. The summed E-state index contributed by atoms with van der Waals surface area (Å²) in [5.41, 5.74) is 4.03. The topological polar surface area (TPSA) is 69.4 Å². The van der Waals surface area contributed by atoms with Crippen LogP contribution < -0.4 is 5.73 Å². The molecule has 0 aromatic heterocycles. The van der Waals surface area contributed by atoms with Gasteiger partial charge in [0.1, 0.15) is 0 Å². The van der Waals surface area contributed by atoms with Crippen LogP contribution in [0.25, 0.3) is 0 Å². The van der Waals surface area contributed by atoms with Crippen molar-refractivity contribution in [1.29, 1.82) is 0 Å². The molecule has 0 spiro atoms. The van der Waals surface area contributed by atoms with Crippen LogP contribution in [0.5, 0.6) is 0 Å². The van der Waals surface area contributed by atoms with Gasteiger partial charge in [-0.2, -0.15) is 0 Å². The third kappa shape index (κ3) is 1.32. The van der Waals surface area contributed by atoms with Crippen molar-refractivity contribution >= 4 is 11.9 Å². The van der Waals surface area contributed by atoms with Gasteiger partial charge in [-0.3, -0.25) is 9.59 Å². The number of primary amides is 1. The molecule has 2 atom stereocenters. The number of carbonyl (C=O) groups is 2. The summed E-state index contributed by atoms with van der Waals surface area (Å²) in [7, 11) is 0. The van der Waals surface area contributed by atoms with E-state index in [9.17, 15) is 9.59 Å². The Hall–Kier alpha value is -1.32. The van der Waals surface area contributed by atoms with Crippen LogP contribution in [0.4, 0.5) is 0 Å². The summed E-state index contributed by atoms with van der Waals surface area (Å²) in [6.45, 7) is 5.48. The standard InChI is InChI=1S/C9H13NO3/c1-3-6-5-9(6,7(10)11)8(12)13-4-2/h3,6H,1,4-5H2,2H3,(H2,10,11). The smallest absolute Gasteiger partial charge is 0.322 e. The maximum Gasteiger partial charge on any atom is 0.322 e. The number of hydrogen-bond donors (Lipinski definition) is 1. The molecule has 0 radical (unpaired) electrons. The van der Waals surface area contributed by atoms with Crippen LogP contribution in [0, 0.1) is 11.3 Å². The number of esters is 1. The fourth-order valence-corrected chi connectivity index (χ4v) is 1.45. The first-order valence-corrected chi connectivity index (χ1v) is 4.19. The minimum atomic E-state index is -1.11. The van der Waals surface area contributed by atoms with Crippen molar-refractivity contribution in [3.8, 4) is 0 Å². The molecule has 1 saturated carbocycles. The summed E-state index contributed by atoms with van der Waals surface area (Å²) in [6.07, 6.45) is 2.01. The molecule has 2 unspecified atom stereocenters. The van der Waals surface area contributed by atoms with Gasteiger partial charge in [-0.1, -0.05) is 6.08 Å². The summed E-state index contributed by atoms with van der Waals surface area (Å²) >= 11 is 0. The zero-order valence-corrected chi connectivity index (χ0v) is 7.58. The predicted molar refractivity (Wildman–Crippen MR) is 46.6 cm³/mol. The van der Waals surface area contributed by atoms with E-state index in [0.717, 1.165) is 0 Å². The fourth-order valence-electron chi connectivity index (χ4n) is 1.45. The summed E-state index contributed by atoms with van der Waals surface area (Å²) < 4.78 is 4.78. The highest BCUT2D eigenvalue weighted by molar-refractivity contribution is 6.06. The van der Waals surface area contributed by atoms with Crippen molar-refractivity contribution in [1.82, 2.24) is 0 Å². The molecule has 1 aliphatic rings. The lowest BCUT2D eigenvalue weighted by Gasteiger charge is -2.10. The highest BCUT2D eigenvalue weighted by Crippen LogP contribution is 2.53. The SMILES string of the molecule is C=CC1CC1(C(N)=O)C(=O)OCC. The number of amides is 1. The van der Waals surface area contributed by atoms with E-state index < -0.39 is 17.3 Å². The average Bonchev–Trinajstić information content (AvgIpc) is 2.79. The first-order valence-electron chi connectivity index (χ1n) is 4.19. The monoisotopic (exact) mass is 183 g/mol. The highest BCUT2D eigenvalue weighted by Gasteiger charge is 2.64. The zero-order valence-electron chi connectivity index (χ0n) is 7.58. The second-order valence-electron chi connectivity index (χ2n) is 3.10. The van der Waals surface area contributed by atoms with E-state index in [0.29, 0.717) is 6.42 Å². The van der Waals surface area contributed by atoms with Gasteiger partial charge in [0.25, 0.3) is 0 Å². The quantitative estimate of drug-likeness (QED) is 0.385. The van der Waals surface area contributed by atoms with Gasteiger partial charge >= 0.3 is 5.97 Å². The minimum absolute atomic E-state index is 0.149. The Morgan fingerprint density at radius 2 is 2.38 bits per heavy atom. The molecule has 2 N–H and O–H groups in total. The maximum absolute atomic E-state index is 11.4. The van der Waals surface area contributed by atoms with E-state index >= 15 is 0 Å². The first-order chi connectivity index (χ1) is 6.09. The summed E-state index contributed by atoms with van der Waals surface area (Å²) in [6, 6.07) is 0. The number of allylic oxidation sites excluding steroid dienone is 1. The van der Waals surface area contributed by atoms with Crippen LogP contribution in [-0.4, -0.2) is 18.5 Å². The molecule has 4 nitrogen and oxygen atoms in total. The van der Waals surface area contributed by atoms with E-state index in [2.05, 4.69) is 6.58 Å². The van der Waals surface area contributed by atoms with Gasteiger partial charge in [0, 0.05) is 5.92 Å². The molecule has 1 rings (SSSR count). The van der Waals surface area contributed by atoms with Crippen molar-refractivity contribution < 1.29 is 14.3 Å². The number of nitrogens with two attached hydrogens (primary N) is 1. The second kappa shape index (κ2) is 3.20. The third-order valence-corrected chi connectivity index (χ3v) is 2.38. The molecule has 72 valence electrons. The largest absolute Gasteiger partial charge is 0.465 e. The lowest BCUT2D eigenvalue weighted by atomic mass is 10.0. The Labute approximate surface area is 76.7 Å². The van der Waals surface area contributed by atoms with E-state index in [-0.39, 0.29) is 12.5 Å². The third-order valence-electron chi connectivity index (χ3n) is 2.38. The van der Waals surface area contributed by atoms with E-state index in [4.69, 9.17) is 10.5 Å². The van der Waals surface area contributed by atoms with Gasteiger partial charge in [-0.05, 0) is 13.3 Å². The Kier molecular flexibility index (Phi) is 2.40. The van der Waals surface area contributed by atoms with Gasteiger partial charge in [0.15, 0.2) is 5.41 Å². The lowest BCUT2D eigenvalue weighted by molar-refractivity contribution is -0.153. The van der Waals surface area contributed by atoms with Crippen molar-refractivity contribution in [2.45, 2.75) is 13.3 Å². The summed E-state index contributed by atoms with van der Waals surface area (Å²) in [5, 5.41) is 0. The van der Waals surface area contributed by atoms with Gasteiger partial charge in [0.2, 0.25) is 5.91 Å². The molecule has 0 heterocycles. The van der Waals surface area contributed by atoms with E-state index in [1.54, 1.807) is 13.0 Å². The van der Waals surface area contributed by atoms with E-state index in [1.165, 1.54) is 0 Å². The molecular formula is C9H13NO3. The molecule has 0 aromatic carbocycles. The van der Waals surface area contributed by atoms with Crippen molar-refractivity contribution in [3.63, 3.8) is 0 Å². The Bertz CT molecular complexity index is 262. The Balaban J connectivity index is 2.77. The molecular weight excluding hydrogens is 170 g/mol. The van der Waals surface area contributed by atoms with E-state index in [1.807, 2.05) is 0 Å². The van der Waals surface area contributed by atoms with Crippen LogP contribution >= 0.6 is 0 Å². The van der Waals surface area contributed by atoms with Gasteiger partial charge in [-0.15, -0.1) is 6.58 Å². The fraction of sp³-hybridized carbons (Fsp3) is 0.556. The molecule has 0 bridgehead atoms. The van der Waals surface area contributed by atoms with Crippen LogP contribution in [0.1, 0.15) is 13.3 Å². The molecule has 1 aliphatic carbocycles. The minimum Gasteiger partial charge on any atom is -0.465 e. The van der Waals surface area contributed by atoms with Crippen molar-refractivity contribution in [2.24, 2.45) is 17.1 Å². The number of carbonyl (C=O) groups excluding carboxylic acids is 2. The molecule has 4 heteroatoms. The van der Waals surface area contributed by atoms with Crippen molar-refractivity contribution in [3.05, 3.63) is 12.7 Å². The molecule has 1 amide bonds. The molecule has 0 saturated heterocycles. The summed E-state index contributed by atoms with van der Waals surface area (Å²) in [4.78, 5) is 22.4. The number of hydrogen-bond acceptors (Lipinski definition) is 3. The van der Waals surface area contributed by atoms with Crippen LogP contribution in [0.2, 0.25) is 0 Å². The zero-order chi connectivity index (χ0) is 10.1. The van der Waals surface area contributed by atoms with Crippen LogP contribution in [0.3, 0.4) is 0 Å². The predicted octanol–water partition coefficient (Wildman–Crippen LogP) is 0.227. The lowest BCUT2D eigenvalue weighted by Crippen LogP contribution is -2.35. The molecule has 1 fully saturated rings. The Morgan fingerprint density at radius 1 is 1.77 bits per heavy atom. The van der Waals surface area contributed by atoms with Crippen LogP contribution in [-0.2, 0) is 14.3 Å².